The lowest BCUT2D eigenvalue weighted by Gasteiger charge is -2.21. The summed E-state index contributed by atoms with van der Waals surface area (Å²) in [5.74, 6) is 1.07. The highest BCUT2D eigenvalue weighted by atomic mass is 79.9. The first-order valence-electron chi connectivity index (χ1n) is 7.09. The zero-order chi connectivity index (χ0) is 14.4. The Balaban J connectivity index is 1.69. The molecule has 1 aliphatic carbocycles. The average Bonchev–Trinajstić information content (AvgIpc) is 2.90. The van der Waals surface area contributed by atoms with Crippen molar-refractivity contribution < 1.29 is 14.9 Å². The van der Waals surface area contributed by atoms with Gasteiger partial charge in [0.2, 0.25) is 0 Å². The van der Waals surface area contributed by atoms with Gasteiger partial charge in [0.05, 0.1) is 0 Å². The van der Waals surface area contributed by atoms with E-state index in [4.69, 9.17) is 4.74 Å². The molecule has 1 aliphatic rings. The molecule has 4 nitrogen and oxygen atoms in total. The van der Waals surface area contributed by atoms with Gasteiger partial charge in [0.1, 0.15) is 18.5 Å². The lowest BCUT2D eigenvalue weighted by molar-refractivity contribution is 0.0992. The maximum Gasteiger partial charge on any atom is 0.120 e. The highest BCUT2D eigenvalue weighted by Crippen LogP contribution is 2.25. The first kappa shape index (κ1) is 15.8. The molecule has 0 aliphatic heterocycles. The van der Waals surface area contributed by atoms with Gasteiger partial charge in [-0.15, -0.1) is 0 Å². The summed E-state index contributed by atoms with van der Waals surface area (Å²) < 4.78 is 6.51. The second-order valence-corrected chi connectivity index (χ2v) is 6.23. The van der Waals surface area contributed by atoms with Crippen LogP contribution in [0.4, 0.5) is 0 Å². The third kappa shape index (κ3) is 4.74. The van der Waals surface area contributed by atoms with Gasteiger partial charge in [-0.3, -0.25) is 0 Å². The molecule has 0 aromatic heterocycles. The smallest absolute Gasteiger partial charge is 0.120 e. The Bertz CT molecular complexity index is 416. The van der Waals surface area contributed by atoms with Crippen LogP contribution in [0.2, 0.25) is 0 Å². The molecule has 0 bridgehead atoms. The van der Waals surface area contributed by atoms with E-state index in [1.54, 1.807) is 0 Å². The van der Waals surface area contributed by atoms with Crippen molar-refractivity contribution in [1.82, 2.24) is 5.32 Å². The van der Waals surface area contributed by atoms with Crippen LogP contribution in [0.25, 0.3) is 0 Å². The van der Waals surface area contributed by atoms with E-state index in [-0.39, 0.29) is 13.2 Å². The quantitative estimate of drug-likeness (QED) is 0.708. The Hall–Kier alpha value is -0.620. The Morgan fingerprint density at radius 2 is 2.25 bits per heavy atom. The van der Waals surface area contributed by atoms with Gasteiger partial charge in [-0.1, -0.05) is 28.4 Å². The molecule has 20 heavy (non-hydrogen) atoms. The molecule has 0 heterocycles. The SMILES string of the molecule is OCC1CCCC1NCC(O)COc1cccc(Br)c1. The second kappa shape index (κ2) is 7.98. The van der Waals surface area contributed by atoms with E-state index in [0.29, 0.717) is 18.5 Å². The van der Waals surface area contributed by atoms with Crippen LogP contribution in [-0.2, 0) is 0 Å². The molecular weight excluding hydrogens is 322 g/mol. The zero-order valence-corrected chi connectivity index (χ0v) is 13.1. The van der Waals surface area contributed by atoms with Gasteiger partial charge in [0.25, 0.3) is 0 Å². The Morgan fingerprint density at radius 1 is 1.40 bits per heavy atom. The van der Waals surface area contributed by atoms with E-state index in [2.05, 4.69) is 21.2 Å². The number of aliphatic hydroxyl groups is 2. The molecule has 0 saturated heterocycles. The van der Waals surface area contributed by atoms with Gasteiger partial charge in [-0.05, 0) is 37.0 Å². The summed E-state index contributed by atoms with van der Waals surface area (Å²) in [6.07, 6.45) is 2.74. The fourth-order valence-corrected chi connectivity index (χ4v) is 3.00. The van der Waals surface area contributed by atoms with E-state index < -0.39 is 6.10 Å². The van der Waals surface area contributed by atoms with Crippen molar-refractivity contribution in [3.8, 4) is 5.75 Å². The number of ether oxygens (including phenoxy) is 1. The van der Waals surface area contributed by atoms with Crippen LogP contribution < -0.4 is 10.1 Å². The normalized spacial score (nSPS) is 23.8. The van der Waals surface area contributed by atoms with E-state index in [1.807, 2.05) is 24.3 Å². The van der Waals surface area contributed by atoms with Crippen LogP contribution in [0.5, 0.6) is 5.75 Å². The topological polar surface area (TPSA) is 61.7 Å². The Morgan fingerprint density at radius 3 is 3.00 bits per heavy atom. The van der Waals surface area contributed by atoms with Gasteiger partial charge >= 0.3 is 0 Å². The standard InChI is InChI=1S/C15H22BrNO3/c16-12-4-2-5-14(7-12)20-10-13(19)8-17-15-6-1-3-11(15)9-18/h2,4-5,7,11,13,15,17-19H,1,3,6,8-10H2. The molecule has 0 spiro atoms. The van der Waals surface area contributed by atoms with Crippen LogP contribution in [0.15, 0.2) is 28.7 Å². The molecule has 3 N–H and O–H groups in total. The molecule has 1 saturated carbocycles. The van der Waals surface area contributed by atoms with Crippen LogP contribution in [0.1, 0.15) is 19.3 Å². The van der Waals surface area contributed by atoms with E-state index in [9.17, 15) is 10.2 Å². The third-order valence-corrected chi connectivity index (χ3v) is 4.24. The minimum atomic E-state index is -0.547. The molecular formula is C15H22BrNO3. The van der Waals surface area contributed by atoms with Gasteiger partial charge in [0, 0.05) is 23.7 Å². The molecule has 3 unspecified atom stereocenters. The lowest BCUT2D eigenvalue weighted by atomic mass is 10.1. The van der Waals surface area contributed by atoms with Crippen LogP contribution in [-0.4, -0.2) is 42.1 Å². The van der Waals surface area contributed by atoms with Gasteiger partial charge in [0.15, 0.2) is 0 Å². The molecule has 3 atom stereocenters. The van der Waals surface area contributed by atoms with E-state index in [0.717, 1.165) is 29.5 Å². The first-order chi connectivity index (χ1) is 9.69. The van der Waals surface area contributed by atoms with Crippen LogP contribution in [0, 0.1) is 5.92 Å². The molecule has 1 aromatic rings. The van der Waals surface area contributed by atoms with Gasteiger partial charge in [-0.25, -0.2) is 0 Å². The molecule has 5 heteroatoms. The number of nitrogens with one attached hydrogen (secondary N) is 1. The number of hydrogen-bond donors (Lipinski definition) is 3. The molecule has 1 aromatic carbocycles. The van der Waals surface area contributed by atoms with Crippen molar-refractivity contribution in [1.29, 1.82) is 0 Å². The molecule has 1 fully saturated rings. The summed E-state index contributed by atoms with van der Waals surface area (Å²) in [5, 5.41) is 22.5. The van der Waals surface area contributed by atoms with Crippen molar-refractivity contribution in [2.24, 2.45) is 5.92 Å². The summed E-state index contributed by atoms with van der Waals surface area (Å²) in [5.41, 5.74) is 0. The number of aliphatic hydroxyl groups excluding tert-OH is 2. The highest BCUT2D eigenvalue weighted by molar-refractivity contribution is 9.10. The zero-order valence-electron chi connectivity index (χ0n) is 11.5. The maximum absolute atomic E-state index is 9.94. The number of benzene rings is 1. The minimum Gasteiger partial charge on any atom is -0.491 e. The van der Waals surface area contributed by atoms with Crippen molar-refractivity contribution >= 4 is 15.9 Å². The summed E-state index contributed by atoms with van der Waals surface area (Å²) in [7, 11) is 0. The number of halogens is 1. The average molecular weight is 344 g/mol. The van der Waals surface area contributed by atoms with E-state index >= 15 is 0 Å². The number of rotatable bonds is 7. The van der Waals surface area contributed by atoms with E-state index in [1.165, 1.54) is 0 Å². The monoisotopic (exact) mass is 343 g/mol. The molecule has 0 amide bonds. The van der Waals surface area contributed by atoms with Crippen molar-refractivity contribution in [2.75, 3.05) is 19.8 Å². The predicted molar refractivity (Wildman–Crippen MR) is 81.9 cm³/mol. The van der Waals surface area contributed by atoms with Gasteiger partial charge < -0.3 is 20.3 Å². The fraction of sp³-hybridized carbons (Fsp3) is 0.600. The largest absolute Gasteiger partial charge is 0.491 e. The first-order valence-corrected chi connectivity index (χ1v) is 7.89. The van der Waals surface area contributed by atoms with Crippen molar-refractivity contribution in [2.45, 2.75) is 31.4 Å². The van der Waals surface area contributed by atoms with Gasteiger partial charge in [-0.2, -0.15) is 0 Å². The second-order valence-electron chi connectivity index (χ2n) is 5.31. The summed E-state index contributed by atoms with van der Waals surface area (Å²) in [4.78, 5) is 0. The fourth-order valence-electron chi connectivity index (χ4n) is 2.62. The Kier molecular flexibility index (Phi) is 6.29. The molecule has 112 valence electrons. The minimum absolute atomic E-state index is 0.225. The Labute approximate surface area is 128 Å². The number of hydrogen-bond acceptors (Lipinski definition) is 4. The summed E-state index contributed by atoms with van der Waals surface area (Å²) >= 11 is 3.38. The third-order valence-electron chi connectivity index (χ3n) is 3.75. The maximum atomic E-state index is 9.94. The van der Waals surface area contributed by atoms with Crippen molar-refractivity contribution in [3.05, 3.63) is 28.7 Å². The molecule has 0 radical (unpaired) electrons. The highest BCUT2D eigenvalue weighted by Gasteiger charge is 2.26. The van der Waals surface area contributed by atoms with Crippen molar-refractivity contribution in [3.63, 3.8) is 0 Å². The lowest BCUT2D eigenvalue weighted by Crippen LogP contribution is -2.40. The van der Waals surface area contributed by atoms with Crippen LogP contribution >= 0.6 is 15.9 Å². The molecule has 2 rings (SSSR count). The predicted octanol–water partition coefficient (Wildman–Crippen LogP) is 1.94. The summed E-state index contributed by atoms with van der Waals surface area (Å²) in [6, 6.07) is 7.89. The summed E-state index contributed by atoms with van der Waals surface area (Å²) in [6.45, 7) is 0.984. The van der Waals surface area contributed by atoms with Crippen LogP contribution in [0.3, 0.4) is 0 Å².